The fourth-order valence-corrected chi connectivity index (χ4v) is 4.51. The second-order valence-electron chi connectivity index (χ2n) is 8.33. The summed E-state index contributed by atoms with van der Waals surface area (Å²) < 4.78 is 1.82. The van der Waals surface area contributed by atoms with E-state index in [0.29, 0.717) is 13.1 Å². The van der Waals surface area contributed by atoms with Crippen molar-refractivity contribution in [2.24, 2.45) is 5.92 Å². The Hall–Kier alpha value is -3.22. The van der Waals surface area contributed by atoms with Crippen LogP contribution in [0.15, 0.2) is 42.7 Å². The van der Waals surface area contributed by atoms with Gasteiger partial charge < -0.3 is 10.2 Å². The molecule has 3 heterocycles. The first-order chi connectivity index (χ1) is 14.6. The summed E-state index contributed by atoms with van der Waals surface area (Å²) in [6.07, 6.45) is 4.80. The van der Waals surface area contributed by atoms with Crippen LogP contribution >= 0.6 is 0 Å². The van der Waals surface area contributed by atoms with E-state index < -0.39 is 0 Å². The maximum Gasteiger partial charge on any atom is 0.227 e. The quantitative estimate of drug-likeness (QED) is 0.726. The van der Waals surface area contributed by atoms with Gasteiger partial charge in [-0.2, -0.15) is 5.10 Å². The molecule has 1 atom stereocenters. The first kappa shape index (κ1) is 18.8. The molecule has 1 N–H and O–H groups in total. The summed E-state index contributed by atoms with van der Waals surface area (Å²) in [5, 5.41) is 7.78. The maximum absolute atomic E-state index is 12.8. The second kappa shape index (κ2) is 7.55. The van der Waals surface area contributed by atoms with E-state index in [1.54, 1.807) is 6.33 Å². The van der Waals surface area contributed by atoms with Gasteiger partial charge in [0, 0.05) is 24.8 Å². The summed E-state index contributed by atoms with van der Waals surface area (Å²) in [5.41, 5.74) is 4.63. The molecule has 30 heavy (non-hydrogen) atoms. The molecule has 0 bridgehead atoms. The smallest absolute Gasteiger partial charge is 0.227 e. The number of nitrogens with zero attached hydrogens (tertiary/aromatic N) is 5. The van der Waals surface area contributed by atoms with Gasteiger partial charge in [-0.15, -0.1) is 0 Å². The summed E-state index contributed by atoms with van der Waals surface area (Å²) in [7, 11) is 0. The average molecular weight is 403 g/mol. The fourth-order valence-electron chi connectivity index (χ4n) is 4.51. The largest absolute Gasteiger partial charge is 0.355 e. The molecule has 1 aromatic carbocycles. The third kappa shape index (κ3) is 3.44. The van der Waals surface area contributed by atoms with Crippen molar-refractivity contribution >= 4 is 11.7 Å². The number of carbonyl (C=O) groups is 1. The second-order valence-corrected chi connectivity index (χ2v) is 8.33. The predicted molar refractivity (Wildman–Crippen MR) is 115 cm³/mol. The lowest BCUT2D eigenvalue weighted by molar-refractivity contribution is -0.126. The lowest BCUT2D eigenvalue weighted by Crippen LogP contribution is -2.54. The molecule has 1 aliphatic carbocycles. The van der Waals surface area contributed by atoms with Crippen molar-refractivity contribution in [2.45, 2.75) is 39.2 Å². The molecule has 0 spiro atoms. The van der Waals surface area contributed by atoms with Gasteiger partial charge in [0.15, 0.2) is 5.82 Å². The summed E-state index contributed by atoms with van der Waals surface area (Å²) in [4.78, 5) is 23.7. The normalized spacial score (nSPS) is 18.6. The Labute approximate surface area is 176 Å². The highest BCUT2D eigenvalue weighted by molar-refractivity contribution is 5.82. The molecule has 5 rings (SSSR count). The van der Waals surface area contributed by atoms with E-state index in [9.17, 15) is 4.79 Å². The van der Waals surface area contributed by atoms with E-state index in [4.69, 9.17) is 0 Å². The van der Waals surface area contributed by atoms with E-state index >= 15 is 0 Å². The van der Waals surface area contributed by atoms with Gasteiger partial charge in [-0.05, 0) is 50.3 Å². The Morgan fingerprint density at radius 1 is 1.10 bits per heavy atom. The fraction of sp³-hybridized carbons (Fsp3) is 0.391. The van der Waals surface area contributed by atoms with Crippen molar-refractivity contribution in [2.75, 3.05) is 18.0 Å². The number of benzene rings is 1. The predicted octanol–water partition coefficient (Wildman–Crippen LogP) is 2.91. The van der Waals surface area contributed by atoms with E-state index in [-0.39, 0.29) is 17.9 Å². The Bertz CT molecular complexity index is 1080. The van der Waals surface area contributed by atoms with Crippen molar-refractivity contribution in [3.8, 4) is 5.82 Å². The van der Waals surface area contributed by atoms with E-state index in [2.05, 4.69) is 49.5 Å². The number of aryl methyl sites for hydroxylation is 3. The van der Waals surface area contributed by atoms with Crippen LogP contribution in [-0.2, 0) is 11.2 Å². The molecule has 0 radical (unpaired) electrons. The van der Waals surface area contributed by atoms with Gasteiger partial charge in [-0.1, -0.05) is 24.3 Å². The van der Waals surface area contributed by atoms with Gasteiger partial charge in [0.2, 0.25) is 5.91 Å². The minimum atomic E-state index is -0.00816. The Morgan fingerprint density at radius 3 is 2.70 bits per heavy atom. The van der Waals surface area contributed by atoms with Gasteiger partial charge in [-0.25, -0.2) is 14.6 Å². The molecule has 1 saturated heterocycles. The number of rotatable bonds is 4. The topological polar surface area (TPSA) is 75.9 Å². The molecular formula is C23H26N6O. The summed E-state index contributed by atoms with van der Waals surface area (Å²) in [6.45, 7) is 5.33. The summed E-state index contributed by atoms with van der Waals surface area (Å²) in [5.74, 6) is 1.71. The number of amides is 1. The van der Waals surface area contributed by atoms with Crippen molar-refractivity contribution in [1.82, 2.24) is 25.1 Å². The monoisotopic (exact) mass is 402 g/mol. The zero-order valence-corrected chi connectivity index (χ0v) is 17.4. The van der Waals surface area contributed by atoms with Crippen molar-refractivity contribution in [3.63, 3.8) is 0 Å². The van der Waals surface area contributed by atoms with Gasteiger partial charge in [-0.3, -0.25) is 4.79 Å². The maximum atomic E-state index is 12.8. The summed E-state index contributed by atoms with van der Waals surface area (Å²) in [6, 6.07) is 12.6. The molecule has 0 saturated carbocycles. The highest BCUT2D eigenvalue weighted by Gasteiger charge is 2.35. The lowest BCUT2D eigenvalue weighted by Gasteiger charge is -2.40. The van der Waals surface area contributed by atoms with Crippen LogP contribution in [0.4, 0.5) is 5.82 Å². The van der Waals surface area contributed by atoms with Gasteiger partial charge in [0.05, 0.1) is 17.7 Å². The minimum absolute atomic E-state index is 0.00816. The minimum Gasteiger partial charge on any atom is -0.355 e. The number of fused-ring (bicyclic) bond motifs is 1. The number of nitrogens with one attached hydrogen (secondary N) is 1. The number of hydrogen-bond acceptors (Lipinski definition) is 5. The van der Waals surface area contributed by atoms with Crippen LogP contribution in [0.5, 0.6) is 0 Å². The Morgan fingerprint density at radius 2 is 1.90 bits per heavy atom. The van der Waals surface area contributed by atoms with Gasteiger partial charge >= 0.3 is 0 Å². The molecule has 7 heteroatoms. The molecule has 2 aromatic heterocycles. The molecule has 3 aromatic rings. The molecule has 1 amide bonds. The molecule has 2 aliphatic rings. The van der Waals surface area contributed by atoms with Crippen LogP contribution in [0, 0.1) is 19.8 Å². The first-order valence-corrected chi connectivity index (χ1v) is 10.6. The van der Waals surface area contributed by atoms with Crippen LogP contribution in [0.1, 0.15) is 41.4 Å². The molecule has 154 valence electrons. The first-order valence-electron chi connectivity index (χ1n) is 10.6. The van der Waals surface area contributed by atoms with E-state index in [0.717, 1.165) is 42.3 Å². The van der Waals surface area contributed by atoms with Crippen molar-refractivity contribution in [3.05, 3.63) is 65.2 Å². The number of carbonyl (C=O) groups excluding carboxylic acids is 1. The zero-order valence-electron chi connectivity index (χ0n) is 17.4. The van der Waals surface area contributed by atoms with Gasteiger partial charge in [0.25, 0.3) is 0 Å². The molecule has 1 fully saturated rings. The third-order valence-corrected chi connectivity index (χ3v) is 6.13. The molecule has 7 nitrogen and oxygen atoms in total. The molecular weight excluding hydrogens is 376 g/mol. The Balaban J connectivity index is 1.23. The highest BCUT2D eigenvalue weighted by atomic mass is 16.2. The van der Waals surface area contributed by atoms with E-state index in [1.807, 2.05) is 30.7 Å². The molecule has 1 unspecified atom stereocenters. The van der Waals surface area contributed by atoms with Crippen LogP contribution < -0.4 is 10.2 Å². The van der Waals surface area contributed by atoms with Crippen molar-refractivity contribution < 1.29 is 4.79 Å². The zero-order chi connectivity index (χ0) is 20.7. The van der Waals surface area contributed by atoms with Crippen LogP contribution in [0.2, 0.25) is 0 Å². The lowest BCUT2D eigenvalue weighted by atomic mass is 9.87. The highest BCUT2D eigenvalue weighted by Crippen LogP contribution is 2.31. The van der Waals surface area contributed by atoms with Crippen LogP contribution in [-0.4, -0.2) is 38.7 Å². The number of anilines is 1. The number of aromatic nitrogens is 4. The van der Waals surface area contributed by atoms with Crippen LogP contribution in [0.3, 0.4) is 0 Å². The van der Waals surface area contributed by atoms with Crippen LogP contribution in [0.25, 0.3) is 5.82 Å². The van der Waals surface area contributed by atoms with E-state index in [1.165, 1.54) is 11.1 Å². The SMILES string of the molecule is Cc1cc(C)n(-c2cc(N3CC(C(=O)NC4CCCc5ccccc54)C3)ncn2)n1. The molecule has 1 aliphatic heterocycles. The number of hydrogen-bond donors (Lipinski definition) is 1. The van der Waals surface area contributed by atoms with Crippen molar-refractivity contribution in [1.29, 1.82) is 0 Å². The standard InChI is InChI=1S/C23H26N6O/c1-15-10-16(2)29(27-15)22-11-21(24-14-25-22)28-12-18(13-28)23(30)26-20-9-5-7-17-6-3-4-8-19(17)20/h3-4,6,8,10-11,14,18,20H,5,7,9,12-13H2,1-2H3,(H,26,30). The van der Waals surface area contributed by atoms with Gasteiger partial charge in [0.1, 0.15) is 12.1 Å². The summed E-state index contributed by atoms with van der Waals surface area (Å²) >= 11 is 0. The Kier molecular flexibility index (Phi) is 4.73. The average Bonchev–Trinajstić information content (AvgIpc) is 3.05. The third-order valence-electron chi connectivity index (χ3n) is 6.13.